The maximum atomic E-state index is 14.2. The molecular formula is C37H39N5O6. The predicted octanol–water partition coefficient (Wildman–Crippen LogP) is 3.95. The van der Waals surface area contributed by atoms with Gasteiger partial charge < -0.3 is 35.5 Å². The van der Waals surface area contributed by atoms with E-state index >= 15 is 0 Å². The second-order valence-corrected chi connectivity index (χ2v) is 13.4. The van der Waals surface area contributed by atoms with Crippen molar-refractivity contribution < 1.29 is 28.6 Å². The minimum absolute atomic E-state index is 0.0929. The van der Waals surface area contributed by atoms with E-state index in [1.807, 2.05) is 86.6 Å². The van der Waals surface area contributed by atoms with Crippen molar-refractivity contribution in [1.82, 2.24) is 20.9 Å². The van der Waals surface area contributed by atoms with Crippen LogP contribution >= 0.6 is 0 Å². The molecule has 0 saturated carbocycles. The monoisotopic (exact) mass is 649 g/mol. The number of fused-ring (bicyclic) bond motifs is 4. The number of nitrogens with one attached hydrogen (secondary N) is 4. The highest BCUT2D eigenvalue weighted by Gasteiger charge is 2.61. The number of aromatic nitrogens is 1. The van der Waals surface area contributed by atoms with Gasteiger partial charge in [-0.05, 0) is 40.7 Å². The third-order valence-corrected chi connectivity index (χ3v) is 9.46. The lowest BCUT2D eigenvalue weighted by Crippen LogP contribution is -2.52. The van der Waals surface area contributed by atoms with E-state index in [1.165, 1.54) is 0 Å². The highest BCUT2D eigenvalue weighted by Crippen LogP contribution is 2.58. The van der Waals surface area contributed by atoms with E-state index in [0.717, 1.165) is 27.9 Å². The number of nitrogens with zero attached hydrogens (tertiary/aromatic N) is 1. The van der Waals surface area contributed by atoms with E-state index in [1.54, 1.807) is 13.8 Å². The first-order valence-corrected chi connectivity index (χ1v) is 16.4. The molecule has 3 aliphatic heterocycles. The van der Waals surface area contributed by atoms with Crippen molar-refractivity contribution >= 4 is 23.4 Å². The summed E-state index contributed by atoms with van der Waals surface area (Å²) in [7, 11) is 0. The van der Waals surface area contributed by atoms with Crippen molar-refractivity contribution in [1.29, 1.82) is 0 Å². The van der Waals surface area contributed by atoms with Crippen molar-refractivity contribution in [3.63, 3.8) is 0 Å². The summed E-state index contributed by atoms with van der Waals surface area (Å²) in [5.74, 6) is -1.02. The normalized spacial score (nSPS) is 22.7. The van der Waals surface area contributed by atoms with E-state index < -0.39 is 47.6 Å². The first-order valence-electron chi connectivity index (χ1n) is 16.4. The van der Waals surface area contributed by atoms with Gasteiger partial charge in [0.25, 0.3) is 5.91 Å². The standard InChI is InChI=1S/C37H39N5O6/c1-19(2)28-35-42-29(33(45)38-18-21-10-6-5-7-11-21)31(48-35)37-23-12-8-9-13-25(23)40-36(37)47-27-15-14-22(16-24(27)37)17-26(32(44)41-28)39-34(46)30(43)20(3)4/h5-16,19-20,26,28,30,36,40,43H,17-18H2,1-4H3,(H,38,45)(H,39,46)(H,41,44)/t26?,28-,30-,36?,37?/m0/s1. The first kappa shape index (κ1) is 31.4. The zero-order valence-electron chi connectivity index (χ0n) is 27.2. The Hall–Kier alpha value is -5.16. The summed E-state index contributed by atoms with van der Waals surface area (Å²) in [6, 6.07) is 21.3. The Morgan fingerprint density at radius 1 is 1.00 bits per heavy atom. The number of carbonyl (C=O) groups is 3. The highest BCUT2D eigenvalue weighted by atomic mass is 16.5. The summed E-state index contributed by atoms with van der Waals surface area (Å²) >= 11 is 0. The van der Waals surface area contributed by atoms with Crippen LogP contribution < -0.4 is 26.0 Å². The number of carbonyl (C=O) groups excluding carboxylic acids is 3. The number of para-hydroxylation sites is 1. The van der Waals surface area contributed by atoms with Crippen molar-refractivity contribution in [3.8, 4) is 5.75 Å². The topological polar surface area (TPSA) is 155 Å². The van der Waals surface area contributed by atoms with E-state index in [-0.39, 0.29) is 36.4 Å². The number of hydrogen-bond donors (Lipinski definition) is 5. The van der Waals surface area contributed by atoms with Gasteiger partial charge in [-0.3, -0.25) is 14.4 Å². The van der Waals surface area contributed by atoms with Crippen LogP contribution in [0.4, 0.5) is 5.69 Å². The minimum atomic E-state index is -1.29. The van der Waals surface area contributed by atoms with Crippen LogP contribution in [0.3, 0.4) is 0 Å². The number of hydrogen-bond acceptors (Lipinski definition) is 8. The summed E-state index contributed by atoms with van der Waals surface area (Å²) in [6.45, 7) is 7.57. The molecule has 4 aromatic rings. The van der Waals surface area contributed by atoms with E-state index in [0.29, 0.717) is 11.5 Å². The summed E-state index contributed by atoms with van der Waals surface area (Å²) in [6.07, 6.45) is -1.80. The summed E-state index contributed by atoms with van der Waals surface area (Å²) in [4.78, 5) is 46.0. The fourth-order valence-corrected chi connectivity index (χ4v) is 6.88. The Bertz CT molecular complexity index is 1890. The molecule has 11 heteroatoms. The van der Waals surface area contributed by atoms with Crippen LogP contribution in [0.2, 0.25) is 0 Å². The third-order valence-electron chi connectivity index (χ3n) is 9.46. The second-order valence-electron chi connectivity index (χ2n) is 13.4. The van der Waals surface area contributed by atoms with Gasteiger partial charge in [-0.1, -0.05) is 88.4 Å². The van der Waals surface area contributed by atoms with Gasteiger partial charge in [0, 0.05) is 24.2 Å². The molecule has 3 unspecified atom stereocenters. The van der Waals surface area contributed by atoms with Gasteiger partial charge in [0.05, 0.1) is 0 Å². The number of benzene rings is 3. The molecule has 7 rings (SSSR count). The fourth-order valence-electron chi connectivity index (χ4n) is 6.88. The Labute approximate surface area is 278 Å². The van der Waals surface area contributed by atoms with Crippen molar-refractivity contribution in [3.05, 3.63) is 112 Å². The molecule has 0 radical (unpaired) electrons. The molecule has 3 amide bonds. The smallest absolute Gasteiger partial charge is 0.273 e. The van der Waals surface area contributed by atoms with Gasteiger partial charge in [-0.25, -0.2) is 4.98 Å². The molecule has 0 aliphatic carbocycles. The molecule has 5 N–H and O–H groups in total. The molecule has 3 aliphatic rings. The second kappa shape index (κ2) is 12.1. The summed E-state index contributed by atoms with van der Waals surface area (Å²) in [5.41, 5.74) is 3.10. The molecule has 248 valence electrons. The van der Waals surface area contributed by atoms with E-state index in [2.05, 4.69) is 21.3 Å². The van der Waals surface area contributed by atoms with Crippen molar-refractivity contribution in [2.24, 2.45) is 11.8 Å². The quantitative estimate of drug-likeness (QED) is 0.202. The Morgan fingerprint density at radius 3 is 2.50 bits per heavy atom. The molecule has 1 spiro atoms. The maximum absolute atomic E-state index is 14.2. The maximum Gasteiger partial charge on any atom is 0.273 e. The van der Waals surface area contributed by atoms with Gasteiger partial charge in [-0.2, -0.15) is 0 Å². The van der Waals surface area contributed by atoms with Crippen LogP contribution in [0.25, 0.3) is 0 Å². The van der Waals surface area contributed by atoms with Crippen LogP contribution in [0.1, 0.15) is 78.1 Å². The van der Waals surface area contributed by atoms with Gasteiger partial charge in [-0.15, -0.1) is 0 Å². The van der Waals surface area contributed by atoms with Crippen LogP contribution in [0.5, 0.6) is 5.75 Å². The number of aliphatic hydroxyl groups excluding tert-OH is 1. The lowest BCUT2D eigenvalue weighted by atomic mass is 9.72. The molecule has 4 bridgehead atoms. The molecular weight excluding hydrogens is 610 g/mol. The largest absolute Gasteiger partial charge is 0.469 e. The van der Waals surface area contributed by atoms with Crippen LogP contribution in [0.15, 0.2) is 77.2 Å². The number of oxazole rings is 1. The lowest BCUT2D eigenvalue weighted by Gasteiger charge is -2.29. The Kier molecular flexibility index (Phi) is 7.95. The van der Waals surface area contributed by atoms with Crippen LogP contribution in [0, 0.1) is 11.8 Å². The zero-order valence-corrected chi connectivity index (χ0v) is 27.2. The number of aliphatic hydroxyl groups is 1. The average Bonchev–Trinajstić information content (AvgIpc) is 3.74. The lowest BCUT2D eigenvalue weighted by molar-refractivity contribution is -0.135. The number of anilines is 1. The van der Waals surface area contributed by atoms with E-state index in [4.69, 9.17) is 14.1 Å². The van der Waals surface area contributed by atoms with E-state index in [9.17, 15) is 19.5 Å². The third kappa shape index (κ3) is 5.18. The number of rotatable bonds is 7. The number of amides is 3. The van der Waals surface area contributed by atoms with Gasteiger partial charge >= 0.3 is 0 Å². The predicted molar refractivity (Wildman–Crippen MR) is 177 cm³/mol. The molecule has 1 aromatic heterocycles. The molecule has 0 fully saturated rings. The molecule has 3 aromatic carbocycles. The SMILES string of the molecule is CC(C)[C@H](O)C(=O)NC1Cc2ccc3c(c2)C2(c4ccccc4NC2O3)c2oc(nc2C(=O)NCc2ccccc2)[C@H](C(C)C)NC1=O. The fraction of sp³-hybridized carbons (Fsp3) is 0.351. The Balaban J connectivity index is 1.41. The zero-order chi connectivity index (χ0) is 33.7. The molecule has 11 nitrogen and oxygen atoms in total. The summed E-state index contributed by atoms with van der Waals surface area (Å²) in [5, 5.41) is 22.8. The number of ether oxygens (including phenoxy) is 1. The van der Waals surface area contributed by atoms with Crippen molar-refractivity contribution in [2.75, 3.05) is 5.32 Å². The van der Waals surface area contributed by atoms with Gasteiger partial charge in [0.15, 0.2) is 17.7 Å². The molecule has 4 heterocycles. The summed E-state index contributed by atoms with van der Waals surface area (Å²) < 4.78 is 13.3. The van der Waals surface area contributed by atoms with Crippen LogP contribution in [-0.2, 0) is 28.0 Å². The highest BCUT2D eigenvalue weighted by molar-refractivity contribution is 5.95. The average molecular weight is 650 g/mol. The molecule has 5 atom stereocenters. The van der Waals surface area contributed by atoms with Gasteiger partial charge in [0.1, 0.15) is 29.4 Å². The van der Waals surface area contributed by atoms with Crippen molar-refractivity contribution in [2.45, 2.75) is 70.5 Å². The molecule has 48 heavy (non-hydrogen) atoms. The van der Waals surface area contributed by atoms with Crippen LogP contribution in [-0.4, -0.2) is 46.2 Å². The first-order chi connectivity index (χ1) is 23.1. The Morgan fingerprint density at radius 2 is 1.75 bits per heavy atom. The molecule has 0 saturated heterocycles. The van der Waals surface area contributed by atoms with Gasteiger partial charge in [0.2, 0.25) is 17.7 Å². The minimum Gasteiger partial charge on any atom is -0.469 e.